The molecule has 0 aliphatic heterocycles. The summed E-state index contributed by atoms with van der Waals surface area (Å²) in [5, 5.41) is 7.50. The monoisotopic (exact) mass is 305 g/mol. The number of hydrogen-bond acceptors (Lipinski definition) is 4. The van der Waals surface area contributed by atoms with Gasteiger partial charge in [-0.3, -0.25) is 4.79 Å². The highest BCUT2D eigenvalue weighted by molar-refractivity contribution is 5.58. The molecule has 0 amide bonds. The smallest absolute Gasteiger partial charge is 0.271 e. The number of rotatable bonds is 7. The van der Waals surface area contributed by atoms with Gasteiger partial charge >= 0.3 is 0 Å². The summed E-state index contributed by atoms with van der Waals surface area (Å²) in [4.78, 5) is 12.4. The third kappa shape index (κ3) is 3.99. The molecule has 0 saturated carbocycles. The molecule has 0 radical (unpaired) electrons. The Hall–Kier alpha value is -2.05. The van der Waals surface area contributed by atoms with Crippen LogP contribution in [0.3, 0.4) is 0 Å². The molecular formula is C16H20FN3O2. The van der Waals surface area contributed by atoms with Crippen LogP contribution in [0.2, 0.25) is 0 Å². The third-order valence-electron chi connectivity index (χ3n) is 3.26. The van der Waals surface area contributed by atoms with Gasteiger partial charge in [0.1, 0.15) is 5.82 Å². The van der Waals surface area contributed by atoms with Crippen molar-refractivity contribution in [3.8, 4) is 11.3 Å². The molecule has 6 heteroatoms. The van der Waals surface area contributed by atoms with E-state index in [-0.39, 0.29) is 11.4 Å². The Labute approximate surface area is 128 Å². The molecule has 118 valence electrons. The molecule has 1 aromatic heterocycles. The van der Waals surface area contributed by atoms with E-state index in [1.54, 1.807) is 25.3 Å². The van der Waals surface area contributed by atoms with Crippen molar-refractivity contribution in [2.45, 2.75) is 20.0 Å². The van der Waals surface area contributed by atoms with E-state index in [0.29, 0.717) is 31.0 Å². The zero-order valence-corrected chi connectivity index (χ0v) is 12.8. The Bertz CT molecular complexity index is 636. The molecule has 0 spiro atoms. The Morgan fingerprint density at radius 2 is 2.05 bits per heavy atom. The minimum absolute atomic E-state index is 0.135. The molecule has 0 aliphatic carbocycles. The Morgan fingerprint density at radius 3 is 2.68 bits per heavy atom. The third-order valence-corrected chi connectivity index (χ3v) is 3.26. The largest absolute Gasteiger partial charge is 0.383 e. The molecule has 1 heterocycles. The van der Waals surface area contributed by atoms with Crippen molar-refractivity contribution in [3.63, 3.8) is 0 Å². The van der Waals surface area contributed by atoms with Crippen LogP contribution in [0.5, 0.6) is 0 Å². The molecule has 0 aliphatic rings. The van der Waals surface area contributed by atoms with Gasteiger partial charge in [-0.05, 0) is 36.9 Å². The van der Waals surface area contributed by atoms with Crippen molar-refractivity contribution in [2.75, 3.05) is 20.3 Å². The molecule has 1 N–H and O–H groups in total. The highest BCUT2D eigenvalue weighted by Crippen LogP contribution is 2.17. The number of ether oxygens (including phenoxy) is 1. The van der Waals surface area contributed by atoms with Crippen LogP contribution in [0.15, 0.2) is 35.1 Å². The Morgan fingerprint density at radius 1 is 1.32 bits per heavy atom. The first-order valence-corrected chi connectivity index (χ1v) is 7.22. The van der Waals surface area contributed by atoms with Crippen LogP contribution < -0.4 is 10.9 Å². The maximum absolute atomic E-state index is 13.1. The van der Waals surface area contributed by atoms with Gasteiger partial charge < -0.3 is 10.1 Å². The first-order chi connectivity index (χ1) is 10.7. The quantitative estimate of drug-likeness (QED) is 0.847. The fraction of sp³-hybridized carbons (Fsp3) is 0.375. The van der Waals surface area contributed by atoms with Gasteiger partial charge in [0.25, 0.3) is 5.56 Å². The van der Waals surface area contributed by atoms with Crippen LogP contribution in [0, 0.1) is 5.82 Å². The van der Waals surface area contributed by atoms with Crippen molar-refractivity contribution in [3.05, 3.63) is 52.1 Å². The molecule has 0 bridgehead atoms. The lowest BCUT2D eigenvalue weighted by atomic mass is 10.1. The first-order valence-electron chi connectivity index (χ1n) is 7.22. The van der Waals surface area contributed by atoms with Crippen molar-refractivity contribution in [1.29, 1.82) is 0 Å². The van der Waals surface area contributed by atoms with E-state index >= 15 is 0 Å². The zero-order valence-electron chi connectivity index (χ0n) is 12.8. The van der Waals surface area contributed by atoms with Gasteiger partial charge in [0.05, 0.1) is 18.8 Å². The molecule has 0 saturated heterocycles. The first kappa shape index (κ1) is 16.3. The highest BCUT2D eigenvalue weighted by atomic mass is 19.1. The number of benzene rings is 1. The van der Waals surface area contributed by atoms with Crippen LogP contribution in [-0.4, -0.2) is 30.0 Å². The normalized spacial score (nSPS) is 10.9. The number of halogens is 1. The molecule has 2 aromatic rings. The van der Waals surface area contributed by atoms with E-state index < -0.39 is 0 Å². The summed E-state index contributed by atoms with van der Waals surface area (Å²) in [7, 11) is 1.58. The summed E-state index contributed by atoms with van der Waals surface area (Å²) < 4.78 is 19.5. The Balaban J connectivity index is 2.43. The fourth-order valence-electron chi connectivity index (χ4n) is 2.07. The predicted octanol–water partition coefficient (Wildman–Crippen LogP) is 1.81. The SMILES string of the molecule is CCNCc1cc(-c2ccc(F)cc2)nn(CCOC)c1=O. The van der Waals surface area contributed by atoms with E-state index in [9.17, 15) is 9.18 Å². The second-order valence-electron chi connectivity index (χ2n) is 4.86. The molecule has 0 atom stereocenters. The Kier molecular flexibility index (Phi) is 5.80. The molecule has 22 heavy (non-hydrogen) atoms. The second-order valence-corrected chi connectivity index (χ2v) is 4.86. The molecule has 0 unspecified atom stereocenters. The molecule has 0 fully saturated rings. The van der Waals surface area contributed by atoms with Gasteiger partial charge in [0.15, 0.2) is 0 Å². The molecular weight excluding hydrogens is 285 g/mol. The van der Waals surface area contributed by atoms with Gasteiger partial charge in [0, 0.05) is 24.8 Å². The lowest BCUT2D eigenvalue weighted by Crippen LogP contribution is -2.30. The number of hydrogen-bond donors (Lipinski definition) is 1. The molecule has 2 rings (SSSR count). The van der Waals surface area contributed by atoms with Crippen molar-refractivity contribution in [2.24, 2.45) is 0 Å². The van der Waals surface area contributed by atoms with E-state index in [0.717, 1.165) is 12.1 Å². The topological polar surface area (TPSA) is 56.1 Å². The lowest BCUT2D eigenvalue weighted by Gasteiger charge is -2.11. The molecule has 5 nitrogen and oxygen atoms in total. The summed E-state index contributed by atoms with van der Waals surface area (Å²) >= 11 is 0. The number of nitrogens with zero attached hydrogens (tertiary/aromatic N) is 2. The van der Waals surface area contributed by atoms with Gasteiger partial charge in [-0.25, -0.2) is 9.07 Å². The van der Waals surface area contributed by atoms with E-state index in [4.69, 9.17) is 4.74 Å². The van der Waals surface area contributed by atoms with Crippen molar-refractivity contribution in [1.82, 2.24) is 15.1 Å². The van der Waals surface area contributed by atoms with E-state index in [1.165, 1.54) is 16.8 Å². The summed E-state index contributed by atoms with van der Waals surface area (Å²) in [5.74, 6) is -0.302. The lowest BCUT2D eigenvalue weighted by molar-refractivity contribution is 0.182. The number of aromatic nitrogens is 2. The maximum Gasteiger partial charge on any atom is 0.271 e. The van der Waals surface area contributed by atoms with Gasteiger partial charge in [-0.2, -0.15) is 5.10 Å². The standard InChI is InChI=1S/C16H20FN3O2/c1-3-18-11-13-10-15(12-4-6-14(17)7-5-12)19-20(16(13)21)8-9-22-2/h4-7,10,18H,3,8-9,11H2,1-2H3. The summed E-state index contributed by atoms with van der Waals surface area (Å²) in [6, 6.07) is 7.82. The van der Waals surface area contributed by atoms with Crippen LogP contribution in [-0.2, 0) is 17.8 Å². The minimum atomic E-state index is -0.302. The fourth-order valence-corrected chi connectivity index (χ4v) is 2.07. The summed E-state index contributed by atoms with van der Waals surface area (Å²) in [6.07, 6.45) is 0. The second kappa shape index (κ2) is 7.82. The van der Waals surface area contributed by atoms with E-state index in [2.05, 4.69) is 10.4 Å². The van der Waals surface area contributed by atoms with Crippen LogP contribution >= 0.6 is 0 Å². The minimum Gasteiger partial charge on any atom is -0.383 e. The van der Waals surface area contributed by atoms with Crippen molar-refractivity contribution >= 4 is 0 Å². The highest BCUT2D eigenvalue weighted by Gasteiger charge is 2.10. The van der Waals surface area contributed by atoms with Gasteiger partial charge in [-0.15, -0.1) is 0 Å². The van der Waals surface area contributed by atoms with Gasteiger partial charge in [0.2, 0.25) is 0 Å². The molecule has 1 aromatic carbocycles. The predicted molar refractivity (Wildman–Crippen MR) is 83.1 cm³/mol. The number of methoxy groups -OCH3 is 1. The zero-order chi connectivity index (χ0) is 15.9. The van der Waals surface area contributed by atoms with Gasteiger partial charge in [-0.1, -0.05) is 6.92 Å². The van der Waals surface area contributed by atoms with Crippen LogP contribution in [0.1, 0.15) is 12.5 Å². The average molecular weight is 305 g/mol. The maximum atomic E-state index is 13.1. The van der Waals surface area contributed by atoms with Crippen LogP contribution in [0.4, 0.5) is 4.39 Å². The average Bonchev–Trinajstić information content (AvgIpc) is 2.53. The number of nitrogens with one attached hydrogen (secondary N) is 1. The van der Waals surface area contributed by atoms with E-state index in [1.807, 2.05) is 6.92 Å². The summed E-state index contributed by atoms with van der Waals surface area (Å²) in [6.45, 7) is 4.00. The summed E-state index contributed by atoms with van der Waals surface area (Å²) in [5.41, 5.74) is 1.91. The van der Waals surface area contributed by atoms with Crippen molar-refractivity contribution < 1.29 is 9.13 Å². The van der Waals surface area contributed by atoms with Crippen LogP contribution in [0.25, 0.3) is 11.3 Å².